The molecule has 0 saturated heterocycles. The van der Waals surface area contributed by atoms with E-state index in [0.29, 0.717) is 27.8 Å². The lowest BCUT2D eigenvalue weighted by Gasteiger charge is -2.34. The molecule has 0 spiro atoms. The van der Waals surface area contributed by atoms with Crippen LogP contribution in [0, 0.1) is 0 Å². The van der Waals surface area contributed by atoms with Crippen LogP contribution >= 0.6 is 23.2 Å². The van der Waals surface area contributed by atoms with Gasteiger partial charge in [0.2, 0.25) is 11.8 Å². The summed E-state index contributed by atoms with van der Waals surface area (Å²) in [6, 6.07) is 21.9. The summed E-state index contributed by atoms with van der Waals surface area (Å²) in [5, 5.41) is 3.63. The zero-order chi connectivity index (χ0) is 30.0. The second kappa shape index (κ2) is 15.2. The van der Waals surface area contributed by atoms with E-state index in [1.165, 1.54) is 19.0 Å². The topological polar surface area (TPSA) is 90.0 Å². The highest BCUT2D eigenvalue weighted by molar-refractivity contribution is 7.90. The molecule has 3 rings (SSSR count). The Morgan fingerprint density at radius 1 is 0.878 bits per heavy atom. The van der Waals surface area contributed by atoms with Gasteiger partial charge in [-0.15, -0.1) is 0 Å². The number of unbranched alkanes of at least 4 members (excludes halogenated alkanes) is 1. The third-order valence-corrected chi connectivity index (χ3v) is 9.06. The number of para-hydroxylation sites is 1. The smallest absolute Gasteiger partial charge is 0.304 e. The zero-order valence-electron chi connectivity index (χ0n) is 23.5. The molecule has 1 N–H and O–H groups in total. The predicted molar refractivity (Wildman–Crippen MR) is 165 cm³/mol. The van der Waals surface area contributed by atoms with Gasteiger partial charge in [-0.3, -0.25) is 9.59 Å². The molecule has 0 saturated carbocycles. The fraction of sp³-hybridized carbons (Fsp3) is 0.333. The molecule has 0 aromatic heterocycles. The minimum atomic E-state index is -4.05. The van der Waals surface area contributed by atoms with Crippen LogP contribution in [0.15, 0.2) is 78.9 Å². The van der Waals surface area contributed by atoms with Gasteiger partial charge in [0.05, 0.1) is 15.7 Å². The number of carbonyl (C=O) groups excluding carboxylic acids is 2. The Labute approximate surface area is 253 Å². The number of amides is 2. The minimum absolute atomic E-state index is 0.0130. The fourth-order valence-corrected chi connectivity index (χ4v) is 5.58. The first-order valence-corrected chi connectivity index (χ1v) is 15.5. The molecule has 0 bridgehead atoms. The Bertz CT molecular complexity index is 1410. The highest BCUT2D eigenvalue weighted by atomic mass is 35.5. The first kappa shape index (κ1) is 32.4. The van der Waals surface area contributed by atoms with Crippen molar-refractivity contribution >= 4 is 50.9 Å². The van der Waals surface area contributed by atoms with Crippen molar-refractivity contribution in [2.45, 2.75) is 38.8 Å². The molecule has 0 aliphatic carbocycles. The number of nitrogens with one attached hydrogen (secondary N) is 1. The van der Waals surface area contributed by atoms with E-state index in [1.54, 1.807) is 48.5 Å². The third kappa shape index (κ3) is 8.94. The number of hydrogen-bond donors (Lipinski definition) is 1. The molecule has 8 nitrogen and oxygen atoms in total. The van der Waals surface area contributed by atoms with E-state index >= 15 is 0 Å². The summed E-state index contributed by atoms with van der Waals surface area (Å²) in [6.45, 7) is 1.98. The molecule has 220 valence electrons. The van der Waals surface area contributed by atoms with E-state index in [4.69, 9.17) is 23.2 Å². The molecular formula is C30H36Cl2N4O4S. The molecule has 0 radical (unpaired) electrons. The Morgan fingerprint density at radius 3 is 2.10 bits per heavy atom. The Balaban J connectivity index is 2.07. The molecule has 0 heterocycles. The van der Waals surface area contributed by atoms with Crippen molar-refractivity contribution in [2.24, 2.45) is 0 Å². The van der Waals surface area contributed by atoms with Crippen molar-refractivity contribution < 1.29 is 18.0 Å². The first-order valence-electron chi connectivity index (χ1n) is 13.3. The van der Waals surface area contributed by atoms with Crippen LogP contribution in [0.5, 0.6) is 0 Å². The Kier molecular flexibility index (Phi) is 12.0. The number of halogens is 2. The predicted octanol–water partition coefficient (Wildman–Crippen LogP) is 5.16. The first-order chi connectivity index (χ1) is 19.5. The van der Waals surface area contributed by atoms with Gasteiger partial charge < -0.3 is 10.2 Å². The number of rotatable bonds is 14. The Hall–Kier alpha value is -3.11. The largest absolute Gasteiger partial charge is 0.354 e. The van der Waals surface area contributed by atoms with Crippen LogP contribution < -0.4 is 9.62 Å². The Morgan fingerprint density at radius 2 is 1.51 bits per heavy atom. The van der Waals surface area contributed by atoms with Crippen LogP contribution in [0.25, 0.3) is 0 Å². The summed E-state index contributed by atoms with van der Waals surface area (Å²) < 4.78 is 28.8. The zero-order valence-corrected chi connectivity index (χ0v) is 25.8. The molecule has 3 aromatic rings. The standard InChI is InChI=1S/C30H36Cl2N4O4S/c1-4-5-18-33-30(38)28(20-23-12-8-6-9-13-23)35(21-24-16-17-26(31)27(32)19-24)29(37)22-36(41(39,40)34(2)3)25-14-10-7-11-15-25/h6-17,19,28H,4-5,18,20-22H2,1-3H3,(H,33,38). The lowest BCUT2D eigenvalue weighted by atomic mass is 10.0. The molecule has 1 unspecified atom stereocenters. The van der Waals surface area contributed by atoms with Crippen LogP contribution in [0.4, 0.5) is 5.69 Å². The summed E-state index contributed by atoms with van der Waals surface area (Å²) in [5.41, 5.74) is 1.83. The maximum atomic E-state index is 14.2. The van der Waals surface area contributed by atoms with Crippen molar-refractivity contribution in [3.8, 4) is 0 Å². The molecule has 0 aliphatic heterocycles. The summed E-state index contributed by atoms with van der Waals surface area (Å²) >= 11 is 12.4. The van der Waals surface area contributed by atoms with E-state index in [0.717, 1.165) is 27.0 Å². The number of nitrogens with zero attached hydrogens (tertiary/aromatic N) is 3. The molecule has 3 aromatic carbocycles. The van der Waals surface area contributed by atoms with Crippen molar-refractivity contribution in [3.63, 3.8) is 0 Å². The van der Waals surface area contributed by atoms with E-state index in [2.05, 4.69) is 5.32 Å². The van der Waals surface area contributed by atoms with Gasteiger partial charge in [0.1, 0.15) is 12.6 Å². The average molecular weight is 620 g/mol. The van der Waals surface area contributed by atoms with E-state index in [1.807, 2.05) is 37.3 Å². The second-order valence-electron chi connectivity index (χ2n) is 9.75. The molecule has 0 aliphatic rings. The van der Waals surface area contributed by atoms with Gasteiger partial charge in [-0.05, 0) is 41.8 Å². The van der Waals surface area contributed by atoms with Gasteiger partial charge in [0, 0.05) is 33.6 Å². The normalized spacial score (nSPS) is 12.1. The monoisotopic (exact) mass is 618 g/mol. The molecule has 2 amide bonds. The second-order valence-corrected chi connectivity index (χ2v) is 12.6. The number of hydrogen-bond acceptors (Lipinski definition) is 4. The maximum Gasteiger partial charge on any atom is 0.304 e. The summed E-state index contributed by atoms with van der Waals surface area (Å²) in [5.74, 6) is -0.866. The van der Waals surface area contributed by atoms with Gasteiger partial charge in [0.15, 0.2) is 0 Å². The SMILES string of the molecule is CCCCNC(=O)C(Cc1ccccc1)N(Cc1ccc(Cl)c(Cl)c1)C(=O)CN(c1ccccc1)S(=O)(=O)N(C)C. The number of anilines is 1. The third-order valence-electron chi connectivity index (χ3n) is 6.50. The summed E-state index contributed by atoms with van der Waals surface area (Å²) in [4.78, 5) is 29.3. The lowest BCUT2D eigenvalue weighted by molar-refractivity contribution is -0.140. The van der Waals surface area contributed by atoms with Crippen LogP contribution in [0.3, 0.4) is 0 Å². The van der Waals surface area contributed by atoms with Gasteiger partial charge >= 0.3 is 10.2 Å². The van der Waals surface area contributed by atoms with Gasteiger partial charge in [-0.25, -0.2) is 4.31 Å². The molecular weight excluding hydrogens is 583 g/mol. The van der Waals surface area contributed by atoms with Gasteiger partial charge in [-0.2, -0.15) is 12.7 Å². The fourth-order valence-electron chi connectivity index (χ4n) is 4.21. The lowest BCUT2D eigenvalue weighted by Crippen LogP contribution is -2.54. The van der Waals surface area contributed by atoms with Gasteiger partial charge in [0.25, 0.3) is 0 Å². The van der Waals surface area contributed by atoms with Crippen LogP contribution in [-0.4, -0.2) is 62.7 Å². The van der Waals surface area contributed by atoms with Crippen LogP contribution in [-0.2, 0) is 32.8 Å². The van der Waals surface area contributed by atoms with Crippen molar-refractivity contribution in [1.29, 1.82) is 0 Å². The number of benzene rings is 3. The van der Waals surface area contributed by atoms with E-state index in [-0.39, 0.29) is 18.9 Å². The highest BCUT2D eigenvalue weighted by Gasteiger charge is 2.34. The van der Waals surface area contributed by atoms with Crippen molar-refractivity contribution in [1.82, 2.24) is 14.5 Å². The highest BCUT2D eigenvalue weighted by Crippen LogP contribution is 2.25. The molecule has 0 fully saturated rings. The maximum absolute atomic E-state index is 14.2. The van der Waals surface area contributed by atoms with E-state index in [9.17, 15) is 18.0 Å². The van der Waals surface area contributed by atoms with Crippen LogP contribution in [0.1, 0.15) is 30.9 Å². The van der Waals surface area contributed by atoms with Crippen molar-refractivity contribution in [3.05, 3.63) is 100 Å². The quantitative estimate of drug-likeness (QED) is 0.253. The minimum Gasteiger partial charge on any atom is -0.354 e. The molecule has 41 heavy (non-hydrogen) atoms. The number of carbonyl (C=O) groups is 2. The molecule has 1 atom stereocenters. The van der Waals surface area contributed by atoms with Crippen LogP contribution in [0.2, 0.25) is 10.0 Å². The summed E-state index contributed by atoms with van der Waals surface area (Å²) in [6.07, 6.45) is 1.91. The molecule has 11 heteroatoms. The van der Waals surface area contributed by atoms with Gasteiger partial charge in [-0.1, -0.05) is 91.1 Å². The van der Waals surface area contributed by atoms with E-state index < -0.39 is 28.7 Å². The van der Waals surface area contributed by atoms with Crippen molar-refractivity contribution in [2.75, 3.05) is 31.5 Å². The summed E-state index contributed by atoms with van der Waals surface area (Å²) in [7, 11) is -1.24. The average Bonchev–Trinajstić information content (AvgIpc) is 2.96.